The average Bonchev–Trinajstić information content (AvgIpc) is 3.33. The first-order chi connectivity index (χ1) is 20.7. The molecule has 6 rings (SSSR count). The number of benzene rings is 4. The van der Waals surface area contributed by atoms with Gasteiger partial charge in [0.1, 0.15) is 29.5 Å². The van der Waals surface area contributed by atoms with Crippen LogP contribution < -0.4 is 14.2 Å². The predicted molar refractivity (Wildman–Crippen MR) is 164 cm³/mol. The Balaban J connectivity index is 1.41. The van der Waals surface area contributed by atoms with Crippen molar-refractivity contribution in [1.82, 2.24) is 4.57 Å². The van der Waals surface area contributed by atoms with Crippen molar-refractivity contribution < 1.29 is 28.5 Å². The first kappa shape index (κ1) is 27.7. The number of fused-ring (bicyclic) bond motifs is 4. The largest absolute Gasteiger partial charge is 0.497 e. The maximum atomic E-state index is 13.5. The van der Waals surface area contributed by atoms with Gasteiger partial charge in [0.15, 0.2) is 0 Å². The summed E-state index contributed by atoms with van der Waals surface area (Å²) in [5, 5.41) is 3.25. The Bertz CT molecular complexity index is 1720. The van der Waals surface area contributed by atoms with E-state index >= 15 is 0 Å². The lowest BCUT2D eigenvalue weighted by Crippen LogP contribution is -2.18. The van der Waals surface area contributed by atoms with Crippen LogP contribution in [-0.4, -0.2) is 50.7 Å². The van der Waals surface area contributed by atoms with E-state index in [1.807, 2.05) is 55.5 Å². The molecule has 0 saturated carbocycles. The molecule has 2 heterocycles. The van der Waals surface area contributed by atoms with Gasteiger partial charge in [-0.1, -0.05) is 54.6 Å². The number of carbonyl (C=O) groups excluding carboxylic acids is 1. The smallest absolute Gasteiger partial charge is 0.355 e. The summed E-state index contributed by atoms with van der Waals surface area (Å²) in [5.74, 6) is 1.94. The molecule has 0 atom stereocenters. The molecule has 7 heteroatoms. The number of ether oxygens (including phenoxy) is 5. The standard InChI is InChI=1S/C35H35NO6/c1-3-40-35(37)34-31(14-8-17-42-32-15-6-10-24-9-4-5-11-28(24)32)30-13-7-12-29-25-21-26(38-2)23-27(22-25)41-20-19-39-18-16-36(34)33(29)30/h4-7,9-13,15,21-23H,3,8,14,16-20H2,1-2H3. The van der Waals surface area contributed by atoms with Crippen LogP contribution in [0, 0.1) is 0 Å². The fourth-order valence-electron chi connectivity index (χ4n) is 5.78. The highest BCUT2D eigenvalue weighted by atomic mass is 16.5. The Morgan fingerprint density at radius 3 is 2.64 bits per heavy atom. The van der Waals surface area contributed by atoms with Crippen LogP contribution >= 0.6 is 0 Å². The van der Waals surface area contributed by atoms with Crippen LogP contribution in [0.25, 0.3) is 32.8 Å². The maximum absolute atomic E-state index is 13.5. The zero-order valence-electron chi connectivity index (χ0n) is 24.1. The Kier molecular flexibility index (Phi) is 8.28. The van der Waals surface area contributed by atoms with Gasteiger partial charge in [0.2, 0.25) is 0 Å². The van der Waals surface area contributed by atoms with Crippen molar-refractivity contribution in [3.63, 3.8) is 0 Å². The SMILES string of the molecule is CCOC(=O)c1c(CCCOc2cccc3ccccc23)c2cccc3c2n1CCOCCOc1cc(OC)cc-3c1. The van der Waals surface area contributed by atoms with Crippen molar-refractivity contribution in [1.29, 1.82) is 0 Å². The fourth-order valence-corrected chi connectivity index (χ4v) is 5.78. The molecule has 2 bridgehead atoms. The van der Waals surface area contributed by atoms with E-state index in [2.05, 4.69) is 34.9 Å². The molecule has 0 saturated heterocycles. The molecule has 0 aliphatic carbocycles. The van der Waals surface area contributed by atoms with Crippen molar-refractivity contribution in [2.75, 3.05) is 40.1 Å². The Morgan fingerprint density at radius 2 is 1.76 bits per heavy atom. The van der Waals surface area contributed by atoms with Gasteiger partial charge in [0.05, 0.1) is 39.1 Å². The third-order valence-electron chi connectivity index (χ3n) is 7.62. The number of aromatic nitrogens is 1. The second-order valence-corrected chi connectivity index (χ2v) is 10.2. The lowest BCUT2D eigenvalue weighted by atomic mass is 9.99. The van der Waals surface area contributed by atoms with Crippen LogP contribution in [0.3, 0.4) is 0 Å². The van der Waals surface area contributed by atoms with Crippen molar-refractivity contribution in [2.24, 2.45) is 0 Å². The minimum absolute atomic E-state index is 0.296. The Labute approximate surface area is 245 Å². The van der Waals surface area contributed by atoms with Crippen molar-refractivity contribution in [2.45, 2.75) is 26.3 Å². The number of aryl methyl sites for hydroxylation is 1. The highest BCUT2D eigenvalue weighted by Gasteiger charge is 2.26. The van der Waals surface area contributed by atoms with Gasteiger partial charge in [-0.05, 0) is 54.5 Å². The second-order valence-electron chi connectivity index (χ2n) is 10.2. The number of para-hydroxylation sites is 1. The van der Waals surface area contributed by atoms with E-state index in [0.29, 0.717) is 63.2 Å². The first-order valence-corrected chi connectivity index (χ1v) is 14.5. The molecule has 0 amide bonds. The molecule has 0 spiro atoms. The molecule has 216 valence electrons. The van der Waals surface area contributed by atoms with E-state index in [1.165, 1.54) is 0 Å². The van der Waals surface area contributed by atoms with Gasteiger partial charge in [-0.3, -0.25) is 0 Å². The summed E-state index contributed by atoms with van der Waals surface area (Å²) in [6, 6.07) is 26.4. The van der Waals surface area contributed by atoms with Gasteiger partial charge in [-0.15, -0.1) is 0 Å². The third-order valence-corrected chi connectivity index (χ3v) is 7.62. The van der Waals surface area contributed by atoms with Crippen LogP contribution in [0.2, 0.25) is 0 Å². The van der Waals surface area contributed by atoms with Gasteiger partial charge in [-0.2, -0.15) is 0 Å². The molecule has 0 fully saturated rings. The number of hydrogen-bond donors (Lipinski definition) is 0. The molecule has 5 aromatic rings. The molecule has 1 aliphatic rings. The van der Waals surface area contributed by atoms with Crippen LogP contribution in [0.5, 0.6) is 17.2 Å². The summed E-state index contributed by atoms with van der Waals surface area (Å²) >= 11 is 0. The Hall–Kier alpha value is -4.49. The van der Waals surface area contributed by atoms with Crippen molar-refractivity contribution >= 4 is 27.6 Å². The maximum Gasteiger partial charge on any atom is 0.355 e. The van der Waals surface area contributed by atoms with Crippen molar-refractivity contribution in [3.8, 4) is 28.4 Å². The van der Waals surface area contributed by atoms with Gasteiger partial charge >= 0.3 is 5.97 Å². The summed E-state index contributed by atoms with van der Waals surface area (Å²) in [6.07, 6.45) is 1.38. The van der Waals surface area contributed by atoms with E-state index in [1.54, 1.807) is 7.11 Å². The van der Waals surface area contributed by atoms with Crippen LogP contribution in [0.15, 0.2) is 78.9 Å². The van der Waals surface area contributed by atoms with Crippen LogP contribution in [0.1, 0.15) is 29.4 Å². The normalized spacial score (nSPS) is 13.2. The molecule has 0 N–H and O–H groups in total. The fraction of sp³-hybridized carbons (Fsp3) is 0.286. The van der Waals surface area contributed by atoms with E-state index in [-0.39, 0.29) is 5.97 Å². The van der Waals surface area contributed by atoms with Gasteiger partial charge < -0.3 is 28.3 Å². The van der Waals surface area contributed by atoms with Gasteiger partial charge in [-0.25, -0.2) is 4.79 Å². The minimum Gasteiger partial charge on any atom is -0.497 e. The second kappa shape index (κ2) is 12.6. The number of hydrogen-bond acceptors (Lipinski definition) is 6. The zero-order chi connectivity index (χ0) is 28.9. The number of carbonyl (C=O) groups is 1. The highest BCUT2D eigenvalue weighted by Crippen LogP contribution is 2.38. The molecule has 7 nitrogen and oxygen atoms in total. The lowest BCUT2D eigenvalue weighted by molar-refractivity contribution is 0.0507. The van der Waals surface area contributed by atoms with Crippen LogP contribution in [-0.2, 0) is 22.4 Å². The Morgan fingerprint density at radius 1 is 0.929 bits per heavy atom. The first-order valence-electron chi connectivity index (χ1n) is 14.5. The van der Waals surface area contributed by atoms with Gasteiger partial charge in [0.25, 0.3) is 0 Å². The summed E-state index contributed by atoms with van der Waals surface area (Å²) < 4.78 is 31.4. The molecule has 0 radical (unpaired) electrons. The predicted octanol–water partition coefficient (Wildman–Crippen LogP) is 7.07. The molecular weight excluding hydrogens is 530 g/mol. The summed E-state index contributed by atoms with van der Waals surface area (Å²) in [4.78, 5) is 13.5. The minimum atomic E-state index is -0.327. The van der Waals surface area contributed by atoms with E-state index < -0.39 is 0 Å². The molecule has 1 aliphatic heterocycles. The highest BCUT2D eigenvalue weighted by molar-refractivity contribution is 6.04. The summed E-state index contributed by atoms with van der Waals surface area (Å²) in [7, 11) is 1.65. The topological polar surface area (TPSA) is 68.2 Å². The summed E-state index contributed by atoms with van der Waals surface area (Å²) in [6.45, 7) is 4.45. The van der Waals surface area contributed by atoms with Gasteiger partial charge in [0, 0.05) is 28.9 Å². The summed E-state index contributed by atoms with van der Waals surface area (Å²) in [5.41, 5.74) is 4.44. The van der Waals surface area contributed by atoms with E-state index in [0.717, 1.165) is 50.5 Å². The lowest BCUT2D eigenvalue weighted by Gasteiger charge is -2.17. The zero-order valence-corrected chi connectivity index (χ0v) is 24.1. The number of rotatable bonds is 8. The molecule has 1 aromatic heterocycles. The van der Waals surface area contributed by atoms with Crippen LogP contribution in [0.4, 0.5) is 0 Å². The molecule has 4 aromatic carbocycles. The molecule has 0 unspecified atom stereocenters. The number of nitrogens with zero attached hydrogens (tertiary/aromatic N) is 1. The quantitative estimate of drug-likeness (QED) is 0.148. The molecule has 42 heavy (non-hydrogen) atoms. The monoisotopic (exact) mass is 565 g/mol. The van der Waals surface area contributed by atoms with E-state index in [4.69, 9.17) is 23.7 Å². The molecular formula is C35H35NO6. The van der Waals surface area contributed by atoms with Crippen molar-refractivity contribution in [3.05, 3.63) is 90.1 Å². The number of methoxy groups -OCH3 is 1. The third kappa shape index (κ3) is 5.52. The van der Waals surface area contributed by atoms with E-state index in [9.17, 15) is 4.79 Å². The number of esters is 1. The average molecular weight is 566 g/mol.